The molecule has 2 aromatic carbocycles. The molecule has 0 spiro atoms. The summed E-state index contributed by atoms with van der Waals surface area (Å²) in [5, 5.41) is 17.4. The molecule has 0 fully saturated rings. The van der Waals surface area contributed by atoms with Gasteiger partial charge >= 0.3 is 0 Å². The summed E-state index contributed by atoms with van der Waals surface area (Å²) >= 11 is 1.62. The number of benzene rings is 2. The highest BCUT2D eigenvalue weighted by molar-refractivity contribution is 7.13. The van der Waals surface area contributed by atoms with Crippen LogP contribution >= 0.6 is 11.3 Å². The molecule has 0 aliphatic carbocycles. The van der Waals surface area contributed by atoms with Crippen LogP contribution in [0.4, 0.5) is 5.69 Å². The molecule has 0 saturated heterocycles. The minimum Gasteiger partial charge on any atom is -0.423 e. The van der Waals surface area contributed by atoms with Crippen molar-refractivity contribution in [3.05, 3.63) is 101 Å². The Morgan fingerprint density at radius 1 is 1.15 bits per heavy atom. The second-order valence-corrected chi connectivity index (χ2v) is 8.64. The molecule has 0 atom stereocenters. The summed E-state index contributed by atoms with van der Waals surface area (Å²) in [5.74, 6) is 0.163. The lowest BCUT2D eigenvalue weighted by atomic mass is 10.1. The largest absolute Gasteiger partial charge is 0.423 e. The number of rotatable bonds is 7. The van der Waals surface area contributed by atoms with Crippen molar-refractivity contribution in [3.8, 4) is 22.0 Å². The average Bonchev–Trinajstić information content (AvgIpc) is 3.62. The Morgan fingerprint density at radius 3 is 2.79 bits per heavy atom. The Morgan fingerprint density at radius 2 is 2.03 bits per heavy atom. The van der Waals surface area contributed by atoms with Crippen LogP contribution in [-0.2, 0) is 11.3 Å². The smallest absolute Gasteiger partial charge is 0.248 e. The third-order valence-corrected chi connectivity index (χ3v) is 6.13. The van der Waals surface area contributed by atoms with Gasteiger partial charge in [-0.05, 0) is 47.7 Å². The van der Waals surface area contributed by atoms with Crippen molar-refractivity contribution in [3.63, 3.8) is 0 Å². The van der Waals surface area contributed by atoms with E-state index < -0.39 is 0 Å². The summed E-state index contributed by atoms with van der Waals surface area (Å²) in [6.07, 6.45) is 6.57. The standard InChI is InChI=1S/C26H21N5O2S/c1-18-9-10-20(26-29-27-17-33-26)14-22(18)28-24(32)12-11-21-16-31(15-19-6-3-2-4-7-19)30-25(21)23-8-5-13-34-23/h2-14,16-17H,15H2,1H3,(H,28,32)/b12-11+. The highest BCUT2D eigenvalue weighted by Gasteiger charge is 2.12. The van der Waals surface area contributed by atoms with Gasteiger partial charge in [-0.15, -0.1) is 21.5 Å². The predicted octanol–water partition coefficient (Wildman–Crippen LogP) is 5.67. The van der Waals surface area contributed by atoms with Gasteiger partial charge in [0.15, 0.2) is 0 Å². The molecule has 5 aromatic rings. The van der Waals surface area contributed by atoms with Gasteiger partial charge in [0.2, 0.25) is 18.2 Å². The number of thiophene rings is 1. The minimum absolute atomic E-state index is 0.237. The molecule has 34 heavy (non-hydrogen) atoms. The molecule has 1 N–H and O–H groups in total. The van der Waals surface area contributed by atoms with Crippen LogP contribution in [0.3, 0.4) is 0 Å². The summed E-state index contributed by atoms with van der Waals surface area (Å²) < 4.78 is 7.16. The maximum absolute atomic E-state index is 12.8. The highest BCUT2D eigenvalue weighted by atomic mass is 32.1. The summed E-state index contributed by atoms with van der Waals surface area (Å²) in [6.45, 7) is 2.58. The topological polar surface area (TPSA) is 85.8 Å². The number of aryl methyl sites for hydroxylation is 1. The monoisotopic (exact) mass is 467 g/mol. The molecule has 0 radical (unpaired) electrons. The lowest BCUT2D eigenvalue weighted by molar-refractivity contribution is -0.111. The van der Waals surface area contributed by atoms with Crippen molar-refractivity contribution in [2.45, 2.75) is 13.5 Å². The SMILES string of the molecule is Cc1ccc(-c2nnco2)cc1NC(=O)/C=C/c1cn(Cc2ccccc2)nc1-c1cccs1. The second kappa shape index (κ2) is 9.68. The van der Waals surface area contributed by atoms with E-state index >= 15 is 0 Å². The maximum Gasteiger partial charge on any atom is 0.248 e. The number of carbonyl (C=O) groups is 1. The molecule has 3 heterocycles. The first-order valence-electron chi connectivity index (χ1n) is 10.7. The van der Waals surface area contributed by atoms with Gasteiger partial charge in [-0.25, -0.2) is 0 Å². The van der Waals surface area contributed by atoms with E-state index in [0.29, 0.717) is 18.1 Å². The van der Waals surface area contributed by atoms with Gasteiger partial charge < -0.3 is 9.73 Å². The fraction of sp³-hybridized carbons (Fsp3) is 0.0769. The zero-order valence-electron chi connectivity index (χ0n) is 18.4. The van der Waals surface area contributed by atoms with Crippen molar-refractivity contribution < 1.29 is 9.21 Å². The van der Waals surface area contributed by atoms with Crippen LogP contribution in [0.25, 0.3) is 28.1 Å². The van der Waals surface area contributed by atoms with Gasteiger partial charge in [-0.1, -0.05) is 42.5 Å². The van der Waals surface area contributed by atoms with E-state index in [1.807, 2.05) is 71.7 Å². The van der Waals surface area contributed by atoms with E-state index in [2.05, 4.69) is 27.6 Å². The molecular weight excluding hydrogens is 446 g/mol. The van der Waals surface area contributed by atoms with Crippen LogP contribution in [0, 0.1) is 6.92 Å². The zero-order chi connectivity index (χ0) is 23.3. The summed E-state index contributed by atoms with van der Waals surface area (Å²) in [4.78, 5) is 13.8. The highest BCUT2D eigenvalue weighted by Crippen LogP contribution is 2.28. The van der Waals surface area contributed by atoms with Crippen LogP contribution in [-0.4, -0.2) is 25.9 Å². The van der Waals surface area contributed by atoms with E-state index in [-0.39, 0.29) is 5.91 Å². The molecule has 3 aromatic heterocycles. The third kappa shape index (κ3) is 4.87. The maximum atomic E-state index is 12.8. The van der Waals surface area contributed by atoms with Crippen LogP contribution in [0.15, 0.2) is 89.1 Å². The molecule has 5 rings (SSSR count). The van der Waals surface area contributed by atoms with E-state index in [0.717, 1.165) is 32.8 Å². The molecule has 0 aliphatic rings. The number of carbonyl (C=O) groups excluding carboxylic acids is 1. The lowest BCUT2D eigenvalue weighted by Gasteiger charge is -2.07. The molecule has 168 valence electrons. The number of nitrogens with zero attached hydrogens (tertiary/aromatic N) is 4. The van der Waals surface area contributed by atoms with Crippen molar-refractivity contribution in [1.82, 2.24) is 20.0 Å². The van der Waals surface area contributed by atoms with Gasteiger partial charge in [0, 0.05) is 29.1 Å². The number of hydrogen-bond acceptors (Lipinski definition) is 6. The van der Waals surface area contributed by atoms with Crippen LogP contribution in [0.5, 0.6) is 0 Å². The quantitative estimate of drug-likeness (QED) is 0.312. The third-order valence-electron chi connectivity index (χ3n) is 5.25. The van der Waals surface area contributed by atoms with Gasteiger partial charge in [-0.3, -0.25) is 9.48 Å². The fourth-order valence-electron chi connectivity index (χ4n) is 3.54. The summed E-state index contributed by atoms with van der Waals surface area (Å²) in [6, 6.07) is 19.8. The molecule has 1 amide bonds. The Hall–Kier alpha value is -4.30. The Labute approximate surface area is 200 Å². The van der Waals surface area contributed by atoms with Gasteiger partial charge in [0.25, 0.3) is 0 Å². The van der Waals surface area contributed by atoms with Crippen molar-refractivity contribution in [2.24, 2.45) is 0 Å². The number of anilines is 1. The second-order valence-electron chi connectivity index (χ2n) is 7.69. The first-order valence-corrected chi connectivity index (χ1v) is 11.6. The van der Waals surface area contributed by atoms with Crippen LogP contribution in [0.1, 0.15) is 16.7 Å². The van der Waals surface area contributed by atoms with Crippen molar-refractivity contribution >= 4 is 29.0 Å². The molecule has 8 heteroatoms. The van der Waals surface area contributed by atoms with Crippen LogP contribution < -0.4 is 5.32 Å². The molecule has 0 bridgehead atoms. The number of hydrogen-bond donors (Lipinski definition) is 1. The van der Waals surface area contributed by atoms with Gasteiger partial charge in [-0.2, -0.15) is 5.10 Å². The number of amides is 1. The fourth-order valence-corrected chi connectivity index (χ4v) is 4.27. The van der Waals surface area contributed by atoms with Crippen molar-refractivity contribution in [1.29, 1.82) is 0 Å². The van der Waals surface area contributed by atoms with Gasteiger partial charge in [0.05, 0.1) is 11.4 Å². The summed E-state index contributed by atoms with van der Waals surface area (Å²) in [5.41, 5.74) is 5.25. The molecule has 0 aliphatic heterocycles. The molecule has 0 unspecified atom stereocenters. The number of aromatic nitrogens is 4. The van der Waals surface area contributed by atoms with E-state index in [9.17, 15) is 4.79 Å². The normalized spacial score (nSPS) is 11.2. The van der Waals surface area contributed by atoms with E-state index in [1.54, 1.807) is 17.4 Å². The Kier molecular flexibility index (Phi) is 6.13. The van der Waals surface area contributed by atoms with E-state index in [4.69, 9.17) is 9.52 Å². The number of nitrogens with one attached hydrogen (secondary N) is 1. The minimum atomic E-state index is -0.237. The summed E-state index contributed by atoms with van der Waals surface area (Å²) in [7, 11) is 0. The molecule has 0 saturated carbocycles. The Balaban J connectivity index is 1.37. The predicted molar refractivity (Wildman–Crippen MR) is 133 cm³/mol. The zero-order valence-corrected chi connectivity index (χ0v) is 19.2. The van der Waals surface area contributed by atoms with Gasteiger partial charge in [0.1, 0.15) is 5.69 Å². The first kappa shape index (κ1) is 21.5. The molecule has 7 nitrogen and oxygen atoms in total. The Bertz CT molecular complexity index is 1420. The van der Waals surface area contributed by atoms with Crippen LogP contribution in [0.2, 0.25) is 0 Å². The van der Waals surface area contributed by atoms with E-state index in [1.165, 1.54) is 12.5 Å². The van der Waals surface area contributed by atoms with Crippen molar-refractivity contribution in [2.75, 3.05) is 5.32 Å². The lowest BCUT2D eigenvalue weighted by Crippen LogP contribution is -2.09. The average molecular weight is 468 g/mol. The first-order chi connectivity index (χ1) is 16.7. The molecular formula is C26H21N5O2S.